The number of hydrogen-bond donors (Lipinski definition) is 1. The first kappa shape index (κ1) is 18.3. The number of allylic oxidation sites excluding steroid dienone is 1. The van der Waals surface area contributed by atoms with Crippen LogP contribution >= 0.6 is 0 Å². The number of nitrogens with one attached hydrogen (secondary N) is 1. The monoisotopic (exact) mass is 363 g/mol. The minimum Gasteiger partial charge on any atom is -0.449 e. The molecule has 0 unspecified atom stereocenters. The maximum atomic E-state index is 12.7. The molecule has 0 saturated heterocycles. The summed E-state index contributed by atoms with van der Waals surface area (Å²) in [5.74, 6) is -1.67. The lowest BCUT2D eigenvalue weighted by Gasteiger charge is -2.18. The molecule has 0 radical (unpaired) electrons. The van der Waals surface area contributed by atoms with Gasteiger partial charge in [0.1, 0.15) is 0 Å². The maximum absolute atomic E-state index is 12.7. The van der Waals surface area contributed by atoms with E-state index in [1.54, 1.807) is 31.2 Å². The second kappa shape index (κ2) is 7.37. The highest BCUT2D eigenvalue weighted by atomic mass is 16.5. The van der Waals surface area contributed by atoms with Crippen molar-refractivity contribution < 1.29 is 23.9 Å². The predicted octanol–water partition coefficient (Wildman–Crippen LogP) is 2.91. The van der Waals surface area contributed by atoms with Crippen molar-refractivity contribution >= 4 is 29.1 Å². The second-order valence-corrected chi connectivity index (χ2v) is 6.03. The summed E-state index contributed by atoms with van der Waals surface area (Å²) >= 11 is 0. The molecule has 0 spiro atoms. The summed E-state index contributed by atoms with van der Waals surface area (Å²) in [6.07, 6.45) is 1.71. The molecule has 2 aromatic carbocycles. The Morgan fingerprint density at radius 3 is 2.19 bits per heavy atom. The molecule has 136 valence electrons. The highest BCUT2D eigenvalue weighted by Gasteiger charge is 2.29. The van der Waals surface area contributed by atoms with Crippen LogP contribution in [0.3, 0.4) is 0 Å². The number of anilines is 1. The molecule has 1 atom stereocenters. The number of carbonyl (C=O) groups excluding carboxylic acids is 4. The van der Waals surface area contributed by atoms with Crippen LogP contribution in [0.2, 0.25) is 0 Å². The van der Waals surface area contributed by atoms with Gasteiger partial charge in [-0.2, -0.15) is 0 Å². The summed E-state index contributed by atoms with van der Waals surface area (Å²) in [6, 6.07) is 11.1. The number of ether oxygens (including phenoxy) is 1. The van der Waals surface area contributed by atoms with Crippen molar-refractivity contribution in [3.8, 4) is 0 Å². The van der Waals surface area contributed by atoms with E-state index in [1.165, 1.54) is 37.3 Å². The molecule has 6 heteroatoms. The van der Waals surface area contributed by atoms with E-state index in [4.69, 9.17) is 4.74 Å². The lowest BCUT2D eigenvalue weighted by Crippen LogP contribution is -2.29. The molecule has 3 rings (SSSR count). The van der Waals surface area contributed by atoms with Crippen LogP contribution in [0.5, 0.6) is 0 Å². The molecule has 0 aliphatic heterocycles. The predicted molar refractivity (Wildman–Crippen MR) is 98.7 cm³/mol. The first-order valence-corrected chi connectivity index (χ1v) is 8.39. The molecule has 0 heterocycles. The highest BCUT2D eigenvalue weighted by molar-refractivity contribution is 6.28. The number of hydrogen-bond acceptors (Lipinski definition) is 5. The van der Waals surface area contributed by atoms with Gasteiger partial charge >= 0.3 is 5.97 Å². The summed E-state index contributed by atoms with van der Waals surface area (Å²) in [5, 5.41) is 2.59. The number of carbonyl (C=O) groups is 4. The molecule has 0 saturated carbocycles. The Morgan fingerprint density at radius 2 is 1.56 bits per heavy atom. The molecule has 1 aliphatic rings. The molecule has 2 aromatic rings. The van der Waals surface area contributed by atoms with Crippen LogP contribution in [0.4, 0.5) is 5.69 Å². The van der Waals surface area contributed by atoms with E-state index < -0.39 is 18.0 Å². The quantitative estimate of drug-likeness (QED) is 0.569. The van der Waals surface area contributed by atoms with Gasteiger partial charge < -0.3 is 10.1 Å². The van der Waals surface area contributed by atoms with E-state index in [-0.39, 0.29) is 17.1 Å². The third kappa shape index (κ3) is 3.55. The smallest absolute Gasteiger partial charge is 0.331 e. The minimum absolute atomic E-state index is 0.230. The molecule has 0 bridgehead atoms. The third-order valence-corrected chi connectivity index (χ3v) is 4.16. The van der Waals surface area contributed by atoms with Gasteiger partial charge in [-0.15, -0.1) is 0 Å². The zero-order valence-corrected chi connectivity index (χ0v) is 14.8. The van der Waals surface area contributed by atoms with E-state index in [0.717, 1.165) is 0 Å². The number of benzene rings is 2. The van der Waals surface area contributed by atoms with E-state index in [0.29, 0.717) is 22.4 Å². The maximum Gasteiger partial charge on any atom is 0.331 e. The van der Waals surface area contributed by atoms with Crippen LogP contribution in [0, 0.1) is 0 Å². The fourth-order valence-corrected chi connectivity index (χ4v) is 2.82. The highest BCUT2D eigenvalue weighted by Crippen LogP contribution is 2.29. The number of amides is 1. The van der Waals surface area contributed by atoms with Crippen molar-refractivity contribution in [3.63, 3.8) is 0 Å². The van der Waals surface area contributed by atoms with Crippen molar-refractivity contribution in [1.29, 1.82) is 0 Å². The van der Waals surface area contributed by atoms with Gasteiger partial charge in [-0.25, -0.2) is 4.79 Å². The van der Waals surface area contributed by atoms with Gasteiger partial charge in [-0.05, 0) is 32.0 Å². The Labute approximate surface area is 155 Å². The fourth-order valence-electron chi connectivity index (χ4n) is 2.82. The molecule has 27 heavy (non-hydrogen) atoms. The van der Waals surface area contributed by atoms with E-state index in [9.17, 15) is 19.2 Å². The van der Waals surface area contributed by atoms with Gasteiger partial charge in [0, 0.05) is 34.0 Å². The summed E-state index contributed by atoms with van der Waals surface area (Å²) in [4.78, 5) is 48.9. The largest absolute Gasteiger partial charge is 0.449 e. The van der Waals surface area contributed by atoms with Gasteiger partial charge in [0.05, 0.1) is 0 Å². The number of rotatable bonds is 4. The lowest BCUT2D eigenvalue weighted by atomic mass is 9.84. The second-order valence-electron chi connectivity index (χ2n) is 6.03. The van der Waals surface area contributed by atoms with Crippen molar-refractivity contribution in [2.75, 3.05) is 5.32 Å². The van der Waals surface area contributed by atoms with Gasteiger partial charge in [0.15, 0.2) is 17.7 Å². The minimum atomic E-state index is -1.01. The average Bonchev–Trinajstić information content (AvgIpc) is 2.66. The summed E-state index contributed by atoms with van der Waals surface area (Å²) in [7, 11) is 0. The number of ketones is 2. The van der Waals surface area contributed by atoms with Gasteiger partial charge in [-0.3, -0.25) is 14.4 Å². The zero-order chi connectivity index (χ0) is 19.6. The van der Waals surface area contributed by atoms with Crippen LogP contribution < -0.4 is 5.32 Å². The molecular weight excluding hydrogens is 346 g/mol. The summed E-state index contributed by atoms with van der Waals surface area (Å²) < 4.78 is 4.96. The SMILES string of the molecule is C/C=C/C(=O)O[C@H](C)C(=O)Nc1ccc2c(c1)C(=O)c1ccccc1C2=O. The molecule has 6 nitrogen and oxygen atoms in total. The molecule has 1 amide bonds. The van der Waals surface area contributed by atoms with Gasteiger partial charge in [-0.1, -0.05) is 30.3 Å². The third-order valence-electron chi connectivity index (χ3n) is 4.16. The van der Waals surface area contributed by atoms with Crippen molar-refractivity contribution in [2.24, 2.45) is 0 Å². The molecule has 1 aliphatic carbocycles. The van der Waals surface area contributed by atoms with Crippen molar-refractivity contribution in [2.45, 2.75) is 20.0 Å². The van der Waals surface area contributed by atoms with Crippen molar-refractivity contribution in [1.82, 2.24) is 0 Å². The van der Waals surface area contributed by atoms with Crippen LogP contribution in [-0.4, -0.2) is 29.5 Å². The Balaban J connectivity index is 1.82. The van der Waals surface area contributed by atoms with Crippen LogP contribution in [-0.2, 0) is 14.3 Å². The standard InChI is InChI=1S/C21H17NO5/c1-3-6-18(23)27-12(2)21(26)22-13-9-10-16-17(11-13)20(25)15-8-5-4-7-14(15)19(16)24/h3-12H,1-2H3,(H,22,26)/b6-3+/t12-/m1/s1. The molecule has 0 fully saturated rings. The first-order chi connectivity index (χ1) is 12.9. The zero-order valence-electron chi connectivity index (χ0n) is 14.8. The Hall–Kier alpha value is -3.54. The van der Waals surface area contributed by atoms with E-state index in [2.05, 4.69) is 5.32 Å². The Morgan fingerprint density at radius 1 is 0.963 bits per heavy atom. The lowest BCUT2D eigenvalue weighted by molar-refractivity contribution is -0.148. The van der Waals surface area contributed by atoms with Crippen molar-refractivity contribution in [3.05, 3.63) is 76.9 Å². The van der Waals surface area contributed by atoms with Gasteiger partial charge in [0.2, 0.25) is 0 Å². The Kier molecular flexibility index (Phi) is 4.98. The molecular formula is C21H17NO5. The average molecular weight is 363 g/mol. The summed E-state index contributed by atoms with van der Waals surface area (Å²) in [5.41, 5.74) is 1.58. The number of esters is 1. The Bertz CT molecular complexity index is 990. The molecule has 0 aromatic heterocycles. The normalized spacial score (nSPS) is 13.7. The fraction of sp³-hybridized carbons (Fsp3) is 0.143. The molecule has 1 N–H and O–H groups in total. The number of fused-ring (bicyclic) bond motifs is 2. The van der Waals surface area contributed by atoms with E-state index in [1.807, 2.05) is 0 Å². The van der Waals surface area contributed by atoms with Crippen LogP contribution in [0.25, 0.3) is 0 Å². The first-order valence-electron chi connectivity index (χ1n) is 8.39. The van der Waals surface area contributed by atoms with Gasteiger partial charge in [0.25, 0.3) is 5.91 Å². The summed E-state index contributed by atoms with van der Waals surface area (Å²) in [6.45, 7) is 3.11. The van der Waals surface area contributed by atoms with E-state index >= 15 is 0 Å². The topological polar surface area (TPSA) is 89.5 Å². The van der Waals surface area contributed by atoms with Crippen LogP contribution in [0.15, 0.2) is 54.6 Å². The van der Waals surface area contributed by atoms with Crippen LogP contribution in [0.1, 0.15) is 45.7 Å².